The number of rotatable bonds is 6. The van der Waals surface area contributed by atoms with Gasteiger partial charge < -0.3 is 9.84 Å². The number of hydrogen-bond donors (Lipinski definition) is 1. The Labute approximate surface area is 123 Å². The lowest BCUT2D eigenvalue weighted by molar-refractivity contribution is -0.146. The molecule has 1 rings (SSSR count). The smallest absolute Gasteiger partial charge is 0.419 e. The summed E-state index contributed by atoms with van der Waals surface area (Å²) in [5.41, 5.74) is -1.01. The second kappa shape index (κ2) is 7.19. The molecular formula is C13H15F6NO2. The van der Waals surface area contributed by atoms with E-state index < -0.39 is 42.9 Å². The summed E-state index contributed by atoms with van der Waals surface area (Å²) >= 11 is 0. The maximum Gasteiger partial charge on any atom is 0.419 e. The highest BCUT2D eigenvalue weighted by molar-refractivity contribution is 5.35. The van der Waals surface area contributed by atoms with Gasteiger partial charge in [0, 0.05) is 6.54 Å². The lowest BCUT2D eigenvalue weighted by atomic mass is 10.2. The van der Waals surface area contributed by atoms with Crippen LogP contribution in [-0.2, 0) is 6.18 Å². The molecule has 0 aliphatic rings. The minimum atomic E-state index is -4.62. The van der Waals surface area contributed by atoms with Crippen molar-refractivity contribution in [3.8, 4) is 5.75 Å². The van der Waals surface area contributed by atoms with Crippen molar-refractivity contribution in [1.82, 2.24) is 4.90 Å². The predicted octanol–water partition coefficient (Wildman–Crippen LogP) is 2.94. The van der Waals surface area contributed by atoms with Crippen LogP contribution >= 0.6 is 0 Å². The number of para-hydroxylation sites is 1. The second-order valence-corrected chi connectivity index (χ2v) is 4.77. The molecule has 1 aromatic carbocycles. The topological polar surface area (TPSA) is 32.7 Å². The van der Waals surface area contributed by atoms with Crippen LogP contribution in [0.25, 0.3) is 0 Å². The molecule has 0 spiro atoms. The average Bonchev–Trinajstić information content (AvgIpc) is 2.33. The first kappa shape index (κ1) is 18.6. The van der Waals surface area contributed by atoms with E-state index in [-0.39, 0.29) is 6.54 Å². The Morgan fingerprint density at radius 1 is 1.14 bits per heavy atom. The van der Waals surface area contributed by atoms with Crippen LogP contribution in [0.2, 0.25) is 0 Å². The molecule has 0 heterocycles. The largest absolute Gasteiger partial charge is 0.490 e. The van der Waals surface area contributed by atoms with Gasteiger partial charge in [0.1, 0.15) is 18.5 Å². The summed E-state index contributed by atoms with van der Waals surface area (Å²) < 4.78 is 79.3. The normalized spacial score (nSPS) is 14.2. The number of ether oxygens (including phenoxy) is 1. The fourth-order valence-electron chi connectivity index (χ4n) is 1.80. The summed E-state index contributed by atoms with van der Waals surface area (Å²) in [5, 5.41) is 9.56. The van der Waals surface area contributed by atoms with Gasteiger partial charge in [0.05, 0.1) is 12.1 Å². The van der Waals surface area contributed by atoms with Gasteiger partial charge in [0.15, 0.2) is 0 Å². The molecule has 0 fully saturated rings. The molecular weight excluding hydrogens is 316 g/mol. The molecule has 0 saturated heterocycles. The molecule has 0 saturated carbocycles. The number of alkyl halides is 6. The molecule has 0 radical (unpaired) electrons. The van der Waals surface area contributed by atoms with Crippen molar-refractivity contribution < 1.29 is 36.2 Å². The Morgan fingerprint density at radius 2 is 1.73 bits per heavy atom. The van der Waals surface area contributed by atoms with Gasteiger partial charge in [0.2, 0.25) is 0 Å². The monoisotopic (exact) mass is 331 g/mol. The summed E-state index contributed by atoms with van der Waals surface area (Å²) in [5.74, 6) is -0.479. The van der Waals surface area contributed by atoms with Gasteiger partial charge in [0.25, 0.3) is 0 Å². The first-order valence-electron chi connectivity index (χ1n) is 6.21. The summed E-state index contributed by atoms with van der Waals surface area (Å²) in [6, 6.07) is 4.41. The van der Waals surface area contributed by atoms with Crippen molar-refractivity contribution in [2.45, 2.75) is 18.5 Å². The molecule has 0 aliphatic heterocycles. The van der Waals surface area contributed by atoms with Crippen LogP contribution < -0.4 is 4.74 Å². The van der Waals surface area contributed by atoms with Crippen LogP contribution in [0.3, 0.4) is 0 Å². The Balaban J connectivity index is 2.57. The molecule has 0 aliphatic carbocycles. The van der Waals surface area contributed by atoms with Gasteiger partial charge in [-0.05, 0) is 19.2 Å². The third-order valence-corrected chi connectivity index (χ3v) is 2.60. The molecule has 1 aromatic rings. The lowest BCUT2D eigenvalue weighted by Gasteiger charge is -2.22. The molecule has 1 unspecified atom stereocenters. The molecule has 22 heavy (non-hydrogen) atoms. The van der Waals surface area contributed by atoms with Crippen molar-refractivity contribution in [3.63, 3.8) is 0 Å². The Kier molecular flexibility index (Phi) is 6.07. The Bertz CT molecular complexity index is 474. The highest BCUT2D eigenvalue weighted by Gasteiger charge is 2.34. The Morgan fingerprint density at radius 3 is 2.27 bits per heavy atom. The second-order valence-electron chi connectivity index (χ2n) is 4.77. The van der Waals surface area contributed by atoms with Crippen molar-refractivity contribution in [1.29, 1.82) is 0 Å². The van der Waals surface area contributed by atoms with Crippen LogP contribution in [0.5, 0.6) is 5.75 Å². The fourth-order valence-corrected chi connectivity index (χ4v) is 1.80. The number of halogens is 6. The summed E-state index contributed by atoms with van der Waals surface area (Å²) in [6.07, 6.45) is -10.4. The molecule has 1 atom stereocenters. The number of likely N-dealkylation sites (N-methyl/N-ethyl adjacent to an activating group) is 1. The maximum atomic E-state index is 12.7. The number of hydrogen-bond acceptors (Lipinski definition) is 3. The van der Waals surface area contributed by atoms with E-state index in [2.05, 4.69) is 0 Å². The number of benzene rings is 1. The summed E-state index contributed by atoms with van der Waals surface area (Å²) in [4.78, 5) is 0.809. The minimum absolute atomic E-state index is 0.381. The van der Waals surface area contributed by atoms with E-state index in [9.17, 15) is 31.4 Å². The van der Waals surface area contributed by atoms with Gasteiger partial charge in [-0.15, -0.1) is 0 Å². The molecule has 0 bridgehead atoms. The highest BCUT2D eigenvalue weighted by atomic mass is 19.4. The van der Waals surface area contributed by atoms with E-state index in [0.717, 1.165) is 24.1 Å². The van der Waals surface area contributed by atoms with E-state index in [4.69, 9.17) is 4.74 Å². The molecule has 0 amide bonds. The van der Waals surface area contributed by atoms with Crippen molar-refractivity contribution in [2.24, 2.45) is 0 Å². The van der Waals surface area contributed by atoms with E-state index >= 15 is 0 Å². The van der Waals surface area contributed by atoms with Gasteiger partial charge in [-0.1, -0.05) is 12.1 Å². The standard InChI is InChI=1S/C13H15F6NO2/c1-20(8-12(14,15)16)6-9(21)7-22-11-5-3-2-4-10(11)13(17,18)19/h2-5,9,21H,6-8H2,1H3. The third kappa shape index (κ3) is 6.52. The maximum absolute atomic E-state index is 12.7. The zero-order chi connectivity index (χ0) is 17.0. The van der Waals surface area contributed by atoms with Gasteiger partial charge >= 0.3 is 12.4 Å². The van der Waals surface area contributed by atoms with Crippen LogP contribution in [0, 0.1) is 0 Å². The molecule has 3 nitrogen and oxygen atoms in total. The lowest BCUT2D eigenvalue weighted by Crippen LogP contribution is -2.38. The molecule has 9 heteroatoms. The van der Waals surface area contributed by atoms with E-state index in [0.29, 0.717) is 0 Å². The molecule has 0 aromatic heterocycles. The van der Waals surface area contributed by atoms with Crippen molar-refractivity contribution in [2.75, 3.05) is 26.7 Å². The number of nitrogens with zero attached hydrogens (tertiary/aromatic N) is 1. The van der Waals surface area contributed by atoms with Gasteiger partial charge in [-0.2, -0.15) is 26.3 Å². The number of aliphatic hydroxyl groups is 1. The van der Waals surface area contributed by atoms with Crippen LogP contribution in [-0.4, -0.2) is 49.0 Å². The predicted molar refractivity (Wildman–Crippen MR) is 66.5 cm³/mol. The Hall–Kier alpha value is -1.48. The van der Waals surface area contributed by atoms with E-state index in [1.807, 2.05) is 0 Å². The van der Waals surface area contributed by atoms with Crippen LogP contribution in [0.4, 0.5) is 26.3 Å². The molecule has 126 valence electrons. The number of aliphatic hydroxyl groups excluding tert-OH is 1. The van der Waals surface area contributed by atoms with Gasteiger partial charge in [-0.25, -0.2) is 0 Å². The van der Waals surface area contributed by atoms with Crippen LogP contribution in [0.15, 0.2) is 24.3 Å². The van der Waals surface area contributed by atoms with Crippen molar-refractivity contribution >= 4 is 0 Å². The average molecular weight is 331 g/mol. The third-order valence-electron chi connectivity index (χ3n) is 2.60. The molecule has 1 N–H and O–H groups in total. The first-order valence-corrected chi connectivity index (χ1v) is 6.21. The highest BCUT2D eigenvalue weighted by Crippen LogP contribution is 2.35. The zero-order valence-electron chi connectivity index (χ0n) is 11.6. The van der Waals surface area contributed by atoms with Crippen molar-refractivity contribution in [3.05, 3.63) is 29.8 Å². The SMILES string of the molecule is CN(CC(O)COc1ccccc1C(F)(F)F)CC(F)(F)F. The van der Waals surface area contributed by atoms with E-state index in [1.54, 1.807) is 0 Å². The van der Waals surface area contributed by atoms with Crippen LogP contribution in [0.1, 0.15) is 5.56 Å². The summed E-state index contributed by atoms with van der Waals surface area (Å²) in [6.45, 7) is -2.16. The van der Waals surface area contributed by atoms with E-state index in [1.165, 1.54) is 12.1 Å². The fraction of sp³-hybridized carbons (Fsp3) is 0.538. The van der Waals surface area contributed by atoms with Gasteiger partial charge in [-0.3, -0.25) is 4.90 Å². The minimum Gasteiger partial charge on any atom is -0.490 e. The first-order chi connectivity index (χ1) is 9.99. The zero-order valence-corrected chi connectivity index (χ0v) is 11.6. The summed E-state index contributed by atoms with van der Waals surface area (Å²) in [7, 11) is 1.14. The quantitative estimate of drug-likeness (QED) is 0.814.